The van der Waals surface area contributed by atoms with Crippen LogP contribution in [0.4, 0.5) is 0 Å². The van der Waals surface area contributed by atoms with Gasteiger partial charge in [0.15, 0.2) is 0 Å². The van der Waals surface area contributed by atoms with Gasteiger partial charge in [-0.05, 0) is 43.4 Å². The van der Waals surface area contributed by atoms with Crippen molar-refractivity contribution in [3.63, 3.8) is 0 Å². The van der Waals surface area contributed by atoms with E-state index in [1.165, 1.54) is 0 Å². The molecule has 0 fully saturated rings. The standard InChI is InChI=1S/C17H26O2/c1-5-7-14(12-18)16-11-15(10-9-13(3)4)19-17(16)8-6-2/h6-8,11,13,18H,5,9-10,12H2,1-4H3/b8-6-,14-7+. The Bertz CT molecular complexity index is 436. The molecule has 0 radical (unpaired) electrons. The molecule has 0 unspecified atom stereocenters. The SMILES string of the molecule is C/C=C\c1oc(CCC(C)C)cc1/C(=C/CC)CO. The van der Waals surface area contributed by atoms with Crippen molar-refractivity contribution in [3.8, 4) is 0 Å². The monoisotopic (exact) mass is 262 g/mol. The largest absolute Gasteiger partial charge is 0.461 e. The Morgan fingerprint density at radius 3 is 2.68 bits per heavy atom. The Morgan fingerprint density at radius 1 is 1.42 bits per heavy atom. The van der Waals surface area contributed by atoms with E-state index in [0.29, 0.717) is 5.92 Å². The van der Waals surface area contributed by atoms with E-state index in [9.17, 15) is 5.11 Å². The van der Waals surface area contributed by atoms with Gasteiger partial charge in [0, 0.05) is 12.0 Å². The van der Waals surface area contributed by atoms with E-state index in [4.69, 9.17) is 4.42 Å². The average Bonchev–Trinajstić information content (AvgIpc) is 2.77. The third kappa shape index (κ3) is 4.71. The topological polar surface area (TPSA) is 33.4 Å². The van der Waals surface area contributed by atoms with Gasteiger partial charge in [0.1, 0.15) is 11.5 Å². The lowest BCUT2D eigenvalue weighted by Crippen LogP contribution is -1.91. The van der Waals surface area contributed by atoms with Crippen LogP contribution in [0.25, 0.3) is 11.6 Å². The number of aliphatic hydroxyl groups excluding tert-OH is 1. The summed E-state index contributed by atoms with van der Waals surface area (Å²) < 4.78 is 5.90. The first-order valence-corrected chi connectivity index (χ1v) is 7.18. The quantitative estimate of drug-likeness (QED) is 0.773. The molecule has 1 aromatic rings. The van der Waals surface area contributed by atoms with Crippen LogP contribution >= 0.6 is 0 Å². The molecule has 19 heavy (non-hydrogen) atoms. The molecule has 0 aliphatic rings. The van der Waals surface area contributed by atoms with Crippen molar-refractivity contribution in [1.29, 1.82) is 0 Å². The molecule has 0 saturated heterocycles. The van der Waals surface area contributed by atoms with Gasteiger partial charge < -0.3 is 9.52 Å². The van der Waals surface area contributed by atoms with Crippen molar-refractivity contribution in [2.24, 2.45) is 5.92 Å². The number of hydrogen-bond donors (Lipinski definition) is 1. The normalized spacial score (nSPS) is 12.8. The summed E-state index contributed by atoms with van der Waals surface area (Å²) in [5, 5.41) is 9.50. The third-order valence-electron chi connectivity index (χ3n) is 3.06. The molecular formula is C17H26O2. The van der Waals surface area contributed by atoms with Crippen LogP contribution in [0.3, 0.4) is 0 Å². The van der Waals surface area contributed by atoms with E-state index in [-0.39, 0.29) is 6.61 Å². The van der Waals surface area contributed by atoms with E-state index >= 15 is 0 Å². The minimum Gasteiger partial charge on any atom is -0.461 e. The number of aryl methyl sites for hydroxylation is 1. The molecule has 2 nitrogen and oxygen atoms in total. The number of furan rings is 1. The summed E-state index contributed by atoms with van der Waals surface area (Å²) in [4.78, 5) is 0. The molecule has 0 bridgehead atoms. The Hall–Kier alpha value is -1.28. The van der Waals surface area contributed by atoms with Gasteiger partial charge in [-0.15, -0.1) is 0 Å². The molecule has 0 spiro atoms. The lowest BCUT2D eigenvalue weighted by atomic mass is 10.0. The zero-order valence-electron chi connectivity index (χ0n) is 12.6. The first-order valence-electron chi connectivity index (χ1n) is 7.18. The van der Waals surface area contributed by atoms with Crippen LogP contribution in [0.15, 0.2) is 22.6 Å². The summed E-state index contributed by atoms with van der Waals surface area (Å²) in [7, 11) is 0. The van der Waals surface area contributed by atoms with Gasteiger partial charge in [0.25, 0.3) is 0 Å². The van der Waals surface area contributed by atoms with Crippen LogP contribution in [-0.4, -0.2) is 11.7 Å². The number of rotatable bonds is 7. The second-order valence-electron chi connectivity index (χ2n) is 5.22. The van der Waals surface area contributed by atoms with Crippen LogP contribution in [0.1, 0.15) is 57.6 Å². The number of allylic oxidation sites excluding steroid dienone is 2. The summed E-state index contributed by atoms with van der Waals surface area (Å²) in [6, 6.07) is 2.08. The predicted octanol–water partition coefficient (Wildman–Crippen LogP) is 4.69. The summed E-state index contributed by atoms with van der Waals surface area (Å²) in [5.41, 5.74) is 1.98. The van der Waals surface area contributed by atoms with Gasteiger partial charge >= 0.3 is 0 Å². The second kappa shape index (κ2) is 8.00. The number of aliphatic hydroxyl groups is 1. The van der Waals surface area contributed by atoms with Gasteiger partial charge in [-0.1, -0.05) is 32.9 Å². The zero-order chi connectivity index (χ0) is 14.3. The molecule has 1 rings (SSSR count). The highest BCUT2D eigenvalue weighted by atomic mass is 16.3. The van der Waals surface area contributed by atoms with Gasteiger partial charge in [-0.2, -0.15) is 0 Å². The molecule has 1 N–H and O–H groups in total. The van der Waals surface area contributed by atoms with Crippen molar-refractivity contribution in [2.75, 3.05) is 6.61 Å². The molecule has 0 saturated carbocycles. The molecule has 106 valence electrons. The molecule has 1 aromatic heterocycles. The van der Waals surface area contributed by atoms with Crippen LogP contribution in [0, 0.1) is 5.92 Å². The maximum absolute atomic E-state index is 9.50. The van der Waals surface area contributed by atoms with Gasteiger partial charge in [0.2, 0.25) is 0 Å². The van der Waals surface area contributed by atoms with E-state index in [1.54, 1.807) is 0 Å². The van der Waals surface area contributed by atoms with Gasteiger partial charge in [-0.25, -0.2) is 0 Å². The van der Waals surface area contributed by atoms with Gasteiger partial charge in [0.05, 0.1) is 6.61 Å². The fraction of sp³-hybridized carbons (Fsp3) is 0.529. The maximum atomic E-state index is 9.50. The fourth-order valence-electron chi connectivity index (χ4n) is 2.04. The summed E-state index contributed by atoms with van der Waals surface area (Å²) in [6.07, 6.45) is 8.98. The van der Waals surface area contributed by atoms with Crippen molar-refractivity contribution in [2.45, 2.75) is 47.0 Å². The highest BCUT2D eigenvalue weighted by molar-refractivity contribution is 5.73. The van der Waals surface area contributed by atoms with Crippen molar-refractivity contribution < 1.29 is 9.52 Å². The van der Waals surface area contributed by atoms with E-state index in [1.807, 2.05) is 19.1 Å². The third-order valence-corrected chi connectivity index (χ3v) is 3.06. The second-order valence-corrected chi connectivity index (χ2v) is 5.22. The minimum absolute atomic E-state index is 0.0571. The van der Waals surface area contributed by atoms with Crippen molar-refractivity contribution in [3.05, 3.63) is 35.3 Å². The van der Waals surface area contributed by atoms with Crippen LogP contribution in [-0.2, 0) is 6.42 Å². The lowest BCUT2D eigenvalue weighted by Gasteiger charge is -2.01. The highest BCUT2D eigenvalue weighted by Gasteiger charge is 2.12. The first-order chi connectivity index (χ1) is 9.12. The Labute approximate surface area is 116 Å². The Morgan fingerprint density at radius 2 is 2.16 bits per heavy atom. The number of hydrogen-bond acceptors (Lipinski definition) is 2. The van der Waals surface area contributed by atoms with Crippen LogP contribution in [0.5, 0.6) is 0 Å². The molecule has 2 heteroatoms. The molecule has 0 aliphatic carbocycles. The summed E-state index contributed by atoms with van der Waals surface area (Å²) >= 11 is 0. The molecule has 0 amide bonds. The molecule has 0 aromatic carbocycles. The maximum Gasteiger partial charge on any atom is 0.134 e. The van der Waals surface area contributed by atoms with E-state index in [0.717, 1.165) is 41.9 Å². The van der Waals surface area contributed by atoms with Crippen LogP contribution in [0.2, 0.25) is 0 Å². The molecule has 1 heterocycles. The molecular weight excluding hydrogens is 236 g/mol. The lowest BCUT2D eigenvalue weighted by molar-refractivity contribution is 0.349. The average molecular weight is 262 g/mol. The smallest absolute Gasteiger partial charge is 0.134 e. The van der Waals surface area contributed by atoms with Crippen LogP contribution < -0.4 is 0 Å². The van der Waals surface area contributed by atoms with Crippen molar-refractivity contribution >= 4 is 11.6 Å². The summed E-state index contributed by atoms with van der Waals surface area (Å²) in [5.74, 6) is 2.53. The van der Waals surface area contributed by atoms with E-state index < -0.39 is 0 Å². The van der Waals surface area contributed by atoms with E-state index in [2.05, 4.69) is 32.9 Å². The Kier molecular flexibility index (Phi) is 6.65. The Balaban J connectivity index is 3.03. The highest BCUT2D eigenvalue weighted by Crippen LogP contribution is 2.26. The molecule has 0 atom stereocenters. The van der Waals surface area contributed by atoms with Gasteiger partial charge in [-0.3, -0.25) is 0 Å². The summed E-state index contributed by atoms with van der Waals surface area (Å²) in [6.45, 7) is 8.54. The minimum atomic E-state index is 0.0571. The first kappa shape index (κ1) is 15.8. The molecule has 0 aliphatic heterocycles. The fourth-order valence-corrected chi connectivity index (χ4v) is 2.04. The predicted molar refractivity (Wildman–Crippen MR) is 81.9 cm³/mol. The zero-order valence-corrected chi connectivity index (χ0v) is 12.6. The van der Waals surface area contributed by atoms with Crippen molar-refractivity contribution in [1.82, 2.24) is 0 Å².